The van der Waals surface area contributed by atoms with E-state index in [1.54, 1.807) is 48.9 Å². The van der Waals surface area contributed by atoms with Gasteiger partial charge in [0.2, 0.25) is 0 Å². The van der Waals surface area contributed by atoms with E-state index in [1.807, 2.05) is 11.0 Å². The number of hydrogen-bond acceptors (Lipinski definition) is 6. The first kappa shape index (κ1) is 20.4. The zero-order valence-electron chi connectivity index (χ0n) is 17.3. The summed E-state index contributed by atoms with van der Waals surface area (Å²) in [5.74, 6) is 1.68. The average Bonchev–Trinajstić information content (AvgIpc) is 3.63. The van der Waals surface area contributed by atoms with E-state index in [2.05, 4.69) is 26.3 Å². The summed E-state index contributed by atoms with van der Waals surface area (Å²) < 4.78 is 0. The number of carbonyl (C=O) groups is 1. The van der Waals surface area contributed by atoms with Gasteiger partial charge < -0.3 is 10.2 Å². The Morgan fingerprint density at radius 3 is 2.78 bits per heavy atom. The summed E-state index contributed by atoms with van der Waals surface area (Å²) in [5.41, 5.74) is 1.55. The van der Waals surface area contributed by atoms with E-state index >= 15 is 0 Å². The largest absolute Gasteiger partial charge is 0.368 e. The maximum atomic E-state index is 13.9. The topological polar surface area (TPSA) is 94.8 Å². The Morgan fingerprint density at radius 2 is 2.03 bits per heavy atom. The zero-order chi connectivity index (χ0) is 22.1. The molecule has 1 amide bonds. The highest BCUT2D eigenvalue weighted by Gasteiger charge is 2.50. The first-order valence-electron chi connectivity index (χ1n) is 10.6. The van der Waals surface area contributed by atoms with Crippen molar-refractivity contribution in [2.75, 3.05) is 11.9 Å². The maximum Gasteiger partial charge on any atom is 0.255 e. The molecule has 3 atom stereocenters. The first-order chi connectivity index (χ1) is 15.6. The Balaban J connectivity index is 1.45. The van der Waals surface area contributed by atoms with Gasteiger partial charge in [0.05, 0.1) is 22.2 Å². The quantitative estimate of drug-likeness (QED) is 0.634. The summed E-state index contributed by atoms with van der Waals surface area (Å²) in [6, 6.07) is 12.9. The second-order valence-corrected chi connectivity index (χ2v) is 8.63. The maximum absolute atomic E-state index is 13.9. The number of piperidine rings is 1. The fourth-order valence-electron chi connectivity index (χ4n) is 4.48. The highest BCUT2D eigenvalue weighted by atomic mass is 35.5. The van der Waals surface area contributed by atoms with Gasteiger partial charge in [0.15, 0.2) is 5.82 Å². The summed E-state index contributed by atoms with van der Waals surface area (Å²) in [4.78, 5) is 28.8. The molecule has 160 valence electrons. The van der Waals surface area contributed by atoms with Crippen LogP contribution in [0.1, 0.15) is 35.2 Å². The van der Waals surface area contributed by atoms with Gasteiger partial charge in [0, 0.05) is 42.8 Å². The van der Waals surface area contributed by atoms with E-state index in [1.165, 1.54) is 0 Å². The van der Waals surface area contributed by atoms with Crippen molar-refractivity contribution >= 4 is 23.3 Å². The molecule has 1 saturated carbocycles. The molecule has 1 aromatic carbocycles. The Bertz CT molecular complexity index is 1180. The smallest absolute Gasteiger partial charge is 0.255 e. The van der Waals surface area contributed by atoms with E-state index < -0.39 is 0 Å². The highest BCUT2D eigenvalue weighted by molar-refractivity contribution is 6.30. The number of carbonyl (C=O) groups excluding carboxylic acids is 1. The van der Waals surface area contributed by atoms with E-state index in [9.17, 15) is 10.1 Å². The lowest BCUT2D eigenvalue weighted by Crippen LogP contribution is -2.48. The Morgan fingerprint density at radius 1 is 1.19 bits per heavy atom. The van der Waals surface area contributed by atoms with Gasteiger partial charge in [-0.3, -0.25) is 4.79 Å². The van der Waals surface area contributed by atoms with Crippen LogP contribution in [0.15, 0.2) is 55.0 Å². The van der Waals surface area contributed by atoms with Crippen molar-refractivity contribution in [1.82, 2.24) is 19.9 Å². The molecule has 32 heavy (non-hydrogen) atoms. The number of halogens is 1. The van der Waals surface area contributed by atoms with E-state index in [4.69, 9.17) is 11.6 Å². The van der Waals surface area contributed by atoms with Crippen molar-refractivity contribution < 1.29 is 4.79 Å². The van der Waals surface area contributed by atoms with E-state index in [0.29, 0.717) is 40.0 Å². The number of nitrogens with one attached hydrogen (secondary N) is 1. The molecule has 1 saturated heterocycles. The second kappa shape index (κ2) is 8.56. The third-order valence-corrected chi connectivity index (χ3v) is 6.40. The molecule has 2 fully saturated rings. The molecule has 1 aliphatic heterocycles. The van der Waals surface area contributed by atoms with Crippen LogP contribution in [0.25, 0.3) is 11.4 Å². The van der Waals surface area contributed by atoms with Crippen LogP contribution in [-0.4, -0.2) is 44.4 Å². The van der Waals surface area contributed by atoms with Gasteiger partial charge in [-0.2, -0.15) is 5.26 Å². The number of hydrogen-bond donors (Lipinski definition) is 1. The molecule has 5 rings (SSSR count). The molecule has 2 aromatic heterocycles. The lowest BCUT2D eigenvalue weighted by molar-refractivity contribution is 0.0604. The normalized spacial score (nSPS) is 21.4. The van der Waals surface area contributed by atoms with Crippen LogP contribution in [0.5, 0.6) is 0 Å². The highest BCUT2D eigenvalue weighted by Crippen LogP contribution is 2.46. The summed E-state index contributed by atoms with van der Waals surface area (Å²) in [6.07, 6.45) is 7.96. The second-order valence-electron chi connectivity index (χ2n) is 8.19. The van der Waals surface area contributed by atoms with Crippen molar-refractivity contribution in [3.63, 3.8) is 0 Å². The standard InChI is InChI=1S/C24H21ClN6O/c25-17-4-7-22(29-13-17)30-14-18-5-3-16-11-21(16)31(18)24(32)20-10-15(12-26)2-6-19(20)23-27-8-1-9-28-23/h1-2,4,6-10,13,16,18,21H,3,5,11,14H2,(H,29,30)/t16-,18-,21+/m0/s1. The Labute approximate surface area is 191 Å². The van der Waals surface area contributed by atoms with Crippen LogP contribution in [0.3, 0.4) is 0 Å². The zero-order valence-corrected chi connectivity index (χ0v) is 18.0. The lowest BCUT2D eigenvalue weighted by Gasteiger charge is -2.36. The van der Waals surface area contributed by atoms with Crippen molar-refractivity contribution in [3.8, 4) is 17.5 Å². The predicted molar refractivity (Wildman–Crippen MR) is 121 cm³/mol. The number of likely N-dealkylation sites (tertiary alicyclic amines) is 1. The molecule has 2 aliphatic rings. The number of amides is 1. The van der Waals surface area contributed by atoms with Gasteiger partial charge in [-0.05, 0) is 61.6 Å². The number of pyridine rings is 1. The minimum absolute atomic E-state index is 0.0269. The average molecular weight is 445 g/mol. The molecule has 8 heteroatoms. The molecule has 0 unspecified atom stereocenters. The van der Waals surface area contributed by atoms with Crippen LogP contribution < -0.4 is 5.32 Å². The molecule has 1 N–H and O–H groups in total. The Hall–Kier alpha value is -3.50. The number of benzene rings is 1. The van der Waals surface area contributed by atoms with Gasteiger partial charge >= 0.3 is 0 Å². The number of nitriles is 1. The van der Waals surface area contributed by atoms with Gasteiger partial charge in [0.25, 0.3) is 5.91 Å². The number of rotatable bonds is 5. The molecule has 1 aliphatic carbocycles. The molecule has 0 spiro atoms. The third kappa shape index (κ3) is 4.02. The predicted octanol–water partition coefficient (Wildman–Crippen LogP) is 4.17. The van der Waals surface area contributed by atoms with Gasteiger partial charge in [-0.1, -0.05) is 11.6 Å². The van der Waals surface area contributed by atoms with E-state index in [0.717, 1.165) is 25.1 Å². The van der Waals surface area contributed by atoms with E-state index in [-0.39, 0.29) is 18.0 Å². The van der Waals surface area contributed by atoms with Crippen molar-refractivity contribution in [2.24, 2.45) is 5.92 Å². The molecule has 7 nitrogen and oxygen atoms in total. The summed E-state index contributed by atoms with van der Waals surface area (Å²) in [5, 5.41) is 13.4. The summed E-state index contributed by atoms with van der Waals surface area (Å²) in [7, 11) is 0. The lowest BCUT2D eigenvalue weighted by atomic mass is 9.97. The summed E-state index contributed by atoms with van der Waals surface area (Å²) >= 11 is 5.93. The molecule has 0 bridgehead atoms. The Kier molecular flexibility index (Phi) is 5.46. The minimum Gasteiger partial charge on any atom is -0.368 e. The SMILES string of the molecule is N#Cc1ccc(-c2ncccn2)c(C(=O)N2[C@H](CNc3ccc(Cl)cn3)CC[C@H]3C[C@H]32)c1. The third-order valence-electron chi connectivity index (χ3n) is 6.17. The minimum atomic E-state index is -0.0763. The molecular weight excluding hydrogens is 424 g/mol. The van der Waals surface area contributed by atoms with Crippen LogP contribution in [0.2, 0.25) is 5.02 Å². The summed E-state index contributed by atoms with van der Waals surface area (Å²) in [6.45, 7) is 0.596. The number of anilines is 1. The van der Waals surface area contributed by atoms with Gasteiger partial charge in [0.1, 0.15) is 5.82 Å². The molecular formula is C24H21ClN6O. The van der Waals surface area contributed by atoms with Crippen LogP contribution >= 0.6 is 11.6 Å². The monoisotopic (exact) mass is 444 g/mol. The number of fused-ring (bicyclic) bond motifs is 1. The molecule has 0 radical (unpaired) electrons. The molecule has 3 heterocycles. The van der Waals surface area contributed by atoms with Crippen LogP contribution in [0.4, 0.5) is 5.82 Å². The van der Waals surface area contributed by atoms with Crippen LogP contribution in [-0.2, 0) is 0 Å². The van der Waals surface area contributed by atoms with Crippen molar-refractivity contribution in [2.45, 2.75) is 31.3 Å². The van der Waals surface area contributed by atoms with Crippen molar-refractivity contribution in [3.05, 3.63) is 71.1 Å². The van der Waals surface area contributed by atoms with Crippen LogP contribution in [0, 0.1) is 17.2 Å². The number of nitrogens with zero attached hydrogens (tertiary/aromatic N) is 5. The first-order valence-corrected chi connectivity index (χ1v) is 11.0. The fraction of sp³-hybridized carbons (Fsp3) is 0.292. The van der Waals surface area contributed by atoms with Gasteiger partial charge in [-0.25, -0.2) is 15.0 Å². The number of aromatic nitrogens is 3. The molecule has 3 aromatic rings. The fourth-order valence-corrected chi connectivity index (χ4v) is 4.59. The van der Waals surface area contributed by atoms with Crippen molar-refractivity contribution in [1.29, 1.82) is 5.26 Å². The van der Waals surface area contributed by atoms with Gasteiger partial charge in [-0.15, -0.1) is 0 Å².